The van der Waals surface area contributed by atoms with E-state index in [-0.39, 0.29) is 15.8 Å². The first kappa shape index (κ1) is 20.5. The summed E-state index contributed by atoms with van der Waals surface area (Å²) < 4.78 is 38.5. The van der Waals surface area contributed by atoms with Gasteiger partial charge in [-0.15, -0.1) is 0 Å². The van der Waals surface area contributed by atoms with Gasteiger partial charge in [-0.3, -0.25) is 0 Å². The molecule has 0 atom stereocenters. The topological polar surface area (TPSA) is 72.6 Å². The maximum absolute atomic E-state index is 13.5. The van der Waals surface area contributed by atoms with Gasteiger partial charge in [-0.05, 0) is 49.9 Å². The number of hydrogen-bond acceptors (Lipinski definition) is 6. The summed E-state index contributed by atoms with van der Waals surface area (Å²) in [6, 6.07) is 14.1. The van der Waals surface area contributed by atoms with E-state index in [1.807, 2.05) is 30.0 Å². The van der Waals surface area contributed by atoms with E-state index >= 15 is 0 Å². The average molecular weight is 427 g/mol. The van der Waals surface area contributed by atoms with E-state index in [1.165, 1.54) is 0 Å². The molecular formula is C23H26N2O4S. The fraction of sp³-hybridized carbons (Fsp3) is 0.348. The molecule has 1 aliphatic heterocycles. The fourth-order valence-electron chi connectivity index (χ4n) is 3.65. The van der Waals surface area contributed by atoms with Gasteiger partial charge in [-0.1, -0.05) is 36.8 Å². The Kier molecular flexibility index (Phi) is 5.56. The molecule has 1 aliphatic rings. The van der Waals surface area contributed by atoms with E-state index in [2.05, 4.69) is 11.9 Å². The predicted molar refractivity (Wildman–Crippen MR) is 116 cm³/mol. The molecule has 0 radical (unpaired) electrons. The average Bonchev–Trinajstić information content (AvgIpc) is 3.21. The summed E-state index contributed by atoms with van der Waals surface area (Å²) in [7, 11) is -2.28. The summed E-state index contributed by atoms with van der Waals surface area (Å²) in [5, 5.41) is -0.0400. The Morgan fingerprint density at radius 2 is 1.73 bits per heavy atom. The van der Waals surface area contributed by atoms with Gasteiger partial charge in [0.2, 0.25) is 26.6 Å². The van der Waals surface area contributed by atoms with Crippen molar-refractivity contribution in [2.45, 2.75) is 36.6 Å². The number of benzene rings is 2. The van der Waals surface area contributed by atoms with Crippen LogP contribution < -0.4 is 9.64 Å². The van der Waals surface area contributed by atoms with Crippen LogP contribution >= 0.6 is 0 Å². The maximum atomic E-state index is 13.5. The second-order valence-corrected chi connectivity index (χ2v) is 9.68. The Balaban J connectivity index is 1.85. The smallest absolute Gasteiger partial charge is 0.236 e. The predicted octanol–water partition coefficient (Wildman–Crippen LogP) is 4.73. The number of aromatic nitrogens is 1. The maximum Gasteiger partial charge on any atom is 0.236 e. The van der Waals surface area contributed by atoms with Crippen molar-refractivity contribution in [2.75, 3.05) is 25.1 Å². The molecule has 1 saturated heterocycles. The number of anilines is 1. The Morgan fingerprint density at radius 3 is 2.40 bits per heavy atom. The highest BCUT2D eigenvalue weighted by atomic mass is 32.2. The number of oxazole rings is 1. The van der Waals surface area contributed by atoms with Gasteiger partial charge in [0.15, 0.2) is 0 Å². The number of hydrogen-bond donors (Lipinski definition) is 0. The molecule has 1 aromatic heterocycles. The molecule has 0 saturated carbocycles. The monoisotopic (exact) mass is 426 g/mol. The van der Waals surface area contributed by atoms with Crippen LogP contribution in [-0.4, -0.2) is 33.6 Å². The molecule has 0 N–H and O–H groups in total. The van der Waals surface area contributed by atoms with Crippen molar-refractivity contribution < 1.29 is 17.6 Å². The SMILES string of the molecule is COc1ccccc1-c1nc(S(=O)(=O)c2ccc(C)cc2)c(N2CCC(C)CC2)o1. The van der Waals surface area contributed by atoms with Crippen molar-refractivity contribution in [3.63, 3.8) is 0 Å². The largest absolute Gasteiger partial charge is 0.496 e. The Labute approximate surface area is 177 Å². The molecule has 0 spiro atoms. The molecule has 2 aromatic carbocycles. The highest BCUT2D eigenvalue weighted by Gasteiger charge is 2.33. The van der Waals surface area contributed by atoms with Crippen LogP contribution in [0.15, 0.2) is 62.9 Å². The zero-order valence-corrected chi connectivity index (χ0v) is 18.3. The molecular weight excluding hydrogens is 400 g/mol. The highest BCUT2D eigenvalue weighted by molar-refractivity contribution is 7.91. The molecule has 0 bridgehead atoms. The lowest BCUT2D eigenvalue weighted by Crippen LogP contribution is -2.33. The van der Waals surface area contributed by atoms with Gasteiger partial charge in [0.1, 0.15) is 5.75 Å². The number of sulfone groups is 1. The van der Waals surface area contributed by atoms with E-state index in [9.17, 15) is 8.42 Å². The Morgan fingerprint density at radius 1 is 1.07 bits per heavy atom. The molecule has 7 heteroatoms. The molecule has 2 heterocycles. The van der Waals surface area contributed by atoms with Gasteiger partial charge in [0.05, 0.1) is 17.6 Å². The number of aryl methyl sites for hydroxylation is 1. The lowest BCUT2D eigenvalue weighted by atomic mass is 9.99. The molecule has 0 amide bonds. The van der Waals surface area contributed by atoms with Crippen LogP contribution in [0.1, 0.15) is 25.3 Å². The highest BCUT2D eigenvalue weighted by Crippen LogP contribution is 2.38. The number of piperidine rings is 1. The van der Waals surface area contributed by atoms with Crippen LogP contribution in [0.25, 0.3) is 11.5 Å². The molecule has 30 heavy (non-hydrogen) atoms. The first-order chi connectivity index (χ1) is 14.4. The molecule has 1 fully saturated rings. The van der Waals surface area contributed by atoms with Crippen molar-refractivity contribution in [1.29, 1.82) is 0 Å². The summed E-state index contributed by atoms with van der Waals surface area (Å²) >= 11 is 0. The minimum atomic E-state index is -3.84. The van der Waals surface area contributed by atoms with Crippen LogP contribution in [0.4, 0.5) is 5.88 Å². The number of ether oxygens (including phenoxy) is 1. The third kappa shape index (κ3) is 3.81. The van der Waals surface area contributed by atoms with E-state index < -0.39 is 9.84 Å². The van der Waals surface area contributed by atoms with Crippen molar-refractivity contribution in [3.8, 4) is 17.2 Å². The lowest BCUT2D eigenvalue weighted by Gasteiger charge is -2.30. The quantitative estimate of drug-likeness (QED) is 0.587. The van der Waals surface area contributed by atoms with E-state index in [0.717, 1.165) is 31.5 Å². The fourth-order valence-corrected chi connectivity index (χ4v) is 4.97. The zero-order chi connectivity index (χ0) is 21.3. The van der Waals surface area contributed by atoms with E-state index in [4.69, 9.17) is 9.15 Å². The first-order valence-corrected chi connectivity index (χ1v) is 11.6. The van der Waals surface area contributed by atoms with Crippen LogP contribution in [-0.2, 0) is 9.84 Å². The second-order valence-electron chi connectivity index (χ2n) is 7.82. The molecule has 0 aliphatic carbocycles. The van der Waals surface area contributed by atoms with Crippen LogP contribution in [0, 0.1) is 12.8 Å². The van der Waals surface area contributed by atoms with Gasteiger partial charge in [-0.2, -0.15) is 4.98 Å². The first-order valence-electron chi connectivity index (χ1n) is 10.1. The Bertz CT molecular complexity index is 1130. The second kappa shape index (κ2) is 8.14. The van der Waals surface area contributed by atoms with Crippen molar-refractivity contribution >= 4 is 15.7 Å². The molecule has 158 valence electrons. The minimum Gasteiger partial charge on any atom is -0.496 e. The van der Waals surface area contributed by atoms with Crippen molar-refractivity contribution in [2.24, 2.45) is 5.92 Å². The summed E-state index contributed by atoms with van der Waals surface area (Å²) in [5.74, 6) is 1.74. The number of nitrogens with zero attached hydrogens (tertiary/aromatic N) is 2. The van der Waals surface area contributed by atoms with Crippen LogP contribution in [0.3, 0.4) is 0 Å². The van der Waals surface area contributed by atoms with Crippen LogP contribution in [0.2, 0.25) is 0 Å². The van der Waals surface area contributed by atoms with Crippen LogP contribution in [0.5, 0.6) is 5.75 Å². The number of para-hydroxylation sites is 1. The zero-order valence-electron chi connectivity index (χ0n) is 17.5. The van der Waals surface area contributed by atoms with E-state index in [0.29, 0.717) is 23.1 Å². The molecule has 0 unspecified atom stereocenters. The standard InChI is InChI=1S/C23H26N2O4S/c1-16-8-10-18(11-9-16)30(26,27)22-23(25-14-12-17(2)13-15-25)29-21(24-22)19-6-4-5-7-20(19)28-3/h4-11,17H,12-15H2,1-3H3. The Hall–Kier alpha value is -2.80. The number of methoxy groups -OCH3 is 1. The van der Waals surface area contributed by atoms with Crippen molar-refractivity contribution in [1.82, 2.24) is 4.98 Å². The van der Waals surface area contributed by atoms with Gasteiger partial charge in [0, 0.05) is 13.1 Å². The summed E-state index contributed by atoms with van der Waals surface area (Å²) in [6.45, 7) is 5.60. The van der Waals surface area contributed by atoms with E-state index in [1.54, 1.807) is 37.4 Å². The minimum absolute atomic E-state index is 0.0400. The van der Waals surface area contributed by atoms with Gasteiger partial charge >= 0.3 is 0 Å². The molecule has 3 aromatic rings. The normalized spacial score (nSPS) is 15.4. The summed E-state index contributed by atoms with van der Waals surface area (Å²) in [6.07, 6.45) is 1.96. The van der Waals surface area contributed by atoms with Gasteiger partial charge in [0.25, 0.3) is 0 Å². The molecule has 4 rings (SSSR count). The number of rotatable bonds is 5. The van der Waals surface area contributed by atoms with Gasteiger partial charge in [-0.25, -0.2) is 8.42 Å². The third-order valence-corrected chi connectivity index (χ3v) is 7.24. The lowest BCUT2D eigenvalue weighted by molar-refractivity contribution is 0.409. The summed E-state index contributed by atoms with van der Waals surface area (Å²) in [5.41, 5.74) is 1.62. The molecule has 6 nitrogen and oxygen atoms in total. The van der Waals surface area contributed by atoms with Crippen molar-refractivity contribution in [3.05, 3.63) is 54.1 Å². The van der Waals surface area contributed by atoms with Gasteiger partial charge < -0.3 is 14.1 Å². The third-order valence-electron chi connectivity index (χ3n) is 5.57. The summed E-state index contributed by atoms with van der Waals surface area (Å²) in [4.78, 5) is 6.68.